The summed E-state index contributed by atoms with van der Waals surface area (Å²) < 4.78 is 5.46. The highest BCUT2D eigenvalue weighted by atomic mass is 16.5. The second kappa shape index (κ2) is 7.20. The first-order valence-corrected chi connectivity index (χ1v) is 6.46. The van der Waals surface area contributed by atoms with Crippen molar-refractivity contribution < 1.29 is 19.4 Å². The fourth-order valence-corrected chi connectivity index (χ4v) is 2.04. The number of amides is 2. The number of urea groups is 1. The first kappa shape index (κ1) is 14.8. The summed E-state index contributed by atoms with van der Waals surface area (Å²) in [6.45, 7) is 4.47. The van der Waals surface area contributed by atoms with Crippen LogP contribution in [0, 0.1) is 0 Å². The minimum absolute atomic E-state index is 0.0326. The zero-order valence-electron chi connectivity index (χ0n) is 10.9. The van der Waals surface area contributed by atoms with E-state index in [1.807, 2.05) is 13.8 Å². The summed E-state index contributed by atoms with van der Waals surface area (Å²) >= 11 is 0. The van der Waals surface area contributed by atoms with Crippen molar-refractivity contribution in [3.8, 4) is 0 Å². The molecule has 0 spiro atoms. The lowest BCUT2D eigenvalue weighted by Crippen LogP contribution is -2.50. The zero-order chi connectivity index (χ0) is 13.5. The molecule has 0 aromatic carbocycles. The Hall–Kier alpha value is -1.30. The van der Waals surface area contributed by atoms with Gasteiger partial charge in [-0.05, 0) is 26.2 Å². The van der Waals surface area contributed by atoms with Crippen LogP contribution in [0.2, 0.25) is 0 Å². The largest absolute Gasteiger partial charge is 0.480 e. The van der Waals surface area contributed by atoms with Crippen molar-refractivity contribution in [2.24, 2.45) is 0 Å². The molecule has 0 aliphatic carbocycles. The Kier molecular flexibility index (Phi) is 5.91. The number of rotatable bonds is 6. The Balaban J connectivity index is 2.36. The minimum atomic E-state index is -1.00. The van der Waals surface area contributed by atoms with Gasteiger partial charge in [-0.15, -0.1) is 0 Å². The van der Waals surface area contributed by atoms with Crippen molar-refractivity contribution in [1.82, 2.24) is 10.6 Å². The Morgan fingerprint density at radius 2 is 2.17 bits per heavy atom. The van der Waals surface area contributed by atoms with Gasteiger partial charge in [-0.1, -0.05) is 13.3 Å². The third-order valence-electron chi connectivity index (χ3n) is 3.06. The number of aliphatic carboxylic acids is 1. The van der Waals surface area contributed by atoms with E-state index in [4.69, 9.17) is 9.84 Å². The highest BCUT2D eigenvalue weighted by molar-refractivity contribution is 5.82. The summed E-state index contributed by atoms with van der Waals surface area (Å²) in [4.78, 5) is 22.6. The maximum atomic E-state index is 11.7. The van der Waals surface area contributed by atoms with E-state index in [2.05, 4.69) is 10.6 Å². The van der Waals surface area contributed by atoms with Gasteiger partial charge in [-0.2, -0.15) is 0 Å². The van der Waals surface area contributed by atoms with Gasteiger partial charge in [0.1, 0.15) is 6.04 Å². The Labute approximate surface area is 107 Å². The van der Waals surface area contributed by atoms with E-state index >= 15 is 0 Å². The summed E-state index contributed by atoms with van der Waals surface area (Å²) in [6.07, 6.45) is 3.10. The quantitative estimate of drug-likeness (QED) is 0.666. The molecule has 3 atom stereocenters. The summed E-state index contributed by atoms with van der Waals surface area (Å²) in [5.74, 6) is -1.00. The minimum Gasteiger partial charge on any atom is -0.480 e. The van der Waals surface area contributed by atoms with Crippen LogP contribution in [0.5, 0.6) is 0 Å². The van der Waals surface area contributed by atoms with E-state index < -0.39 is 18.0 Å². The predicted octanol–water partition coefficient (Wildman–Crippen LogP) is 1.11. The van der Waals surface area contributed by atoms with Crippen molar-refractivity contribution in [3.05, 3.63) is 0 Å². The van der Waals surface area contributed by atoms with Crippen LogP contribution in [0.15, 0.2) is 0 Å². The van der Waals surface area contributed by atoms with E-state index in [0.29, 0.717) is 12.8 Å². The summed E-state index contributed by atoms with van der Waals surface area (Å²) in [6, 6.07) is -1.38. The van der Waals surface area contributed by atoms with Crippen LogP contribution < -0.4 is 10.6 Å². The van der Waals surface area contributed by atoms with E-state index in [1.165, 1.54) is 0 Å². The third-order valence-corrected chi connectivity index (χ3v) is 3.06. The summed E-state index contributed by atoms with van der Waals surface area (Å²) in [5, 5.41) is 14.1. The van der Waals surface area contributed by atoms with Crippen molar-refractivity contribution in [2.75, 3.05) is 6.61 Å². The van der Waals surface area contributed by atoms with E-state index in [1.54, 1.807) is 0 Å². The van der Waals surface area contributed by atoms with Gasteiger partial charge in [-0.25, -0.2) is 9.59 Å². The maximum Gasteiger partial charge on any atom is 0.326 e. The van der Waals surface area contributed by atoms with Crippen LogP contribution in [0.3, 0.4) is 0 Å². The second-order valence-electron chi connectivity index (χ2n) is 4.64. The van der Waals surface area contributed by atoms with Crippen LogP contribution >= 0.6 is 0 Å². The molecule has 104 valence electrons. The molecule has 1 fully saturated rings. The smallest absolute Gasteiger partial charge is 0.326 e. The van der Waals surface area contributed by atoms with Crippen molar-refractivity contribution in [2.45, 2.75) is 57.7 Å². The van der Waals surface area contributed by atoms with Crippen LogP contribution in [0.4, 0.5) is 4.79 Å². The molecule has 1 aliphatic heterocycles. The van der Waals surface area contributed by atoms with Gasteiger partial charge in [0, 0.05) is 6.61 Å². The van der Waals surface area contributed by atoms with Crippen molar-refractivity contribution in [1.29, 1.82) is 0 Å². The van der Waals surface area contributed by atoms with Crippen LogP contribution in [0.25, 0.3) is 0 Å². The first-order valence-electron chi connectivity index (χ1n) is 6.46. The molecule has 3 unspecified atom stereocenters. The Morgan fingerprint density at radius 3 is 2.67 bits per heavy atom. The average Bonchev–Trinajstić information content (AvgIpc) is 2.81. The molecule has 6 heteroatoms. The highest BCUT2D eigenvalue weighted by Gasteiger charge is 2.25. The summed E-state index contributed by atoms with van der Waals surface area (Å²) in [5.41, 5.74) is 0. The lowest BCUT2D eigenvalue weighted by atomic mass is 10.1. The van der Waals surface area contributed by atoms with E-state index in [9.17, 15) is 9.59 Å². The molecule has 1 heterocycles. The van der Waals surface area contributed by atoms with Gasteiger partial charge in [0.2, 0.25) is 0 Å². The fraction of sp³-hybridized carbons (Fsp3) is 0.833. The van der Waals surface area contributed by atoms with Crippen LogP contribution in [-0.4, -0.2) is 41.9 Å². The van der Waals surface area contributed by atoms with Gasteiger partial charge >= 0.3 is 12.0 Å². The normalized spacial score (nSPS) is 22.2. The number of hydrogen-bond donors (Lipinski definition) is 3. The molecule has 2 amide bonds. The molecule has 0 aromatic rings. The Morgan fingerprint density at radius 1 is 1.44 bits per heavy atom. The number of carbonyl (C=O) groups excluding carboxylic acids is 1. The number of hydrogen-bond acceptors (Lipinski definition) is 3. The lowest BCUT2D eigenvalue weighted by molar-refractivity contribution is -0.139. The molecular formula is C12H22N2O4. The molecule has 1 rings (SSSR count). The number of ether oxygens (including phenoxy) is 1. The topological polar surface area (TPSA) is 87.7 Å². The number of carbonyl (C=O) groups is 2. The van der Waals surface area contributed by atoms with E-state index in [0.717, 1.165) is 19.4 Å². The molecule has 0 saturated carbocycles. The molecule has 1 aliphatic rings. The van der Waals surface area contributed by atoms with Gasteiger partial charge in [0.05, 0.1) is 12.1 Å². The van der Waals surface area contributed by atoms with Crippen LogP contribution in [-0.2, 0) is 9.53 Å². The number of nitrogens with one attached hydrogen (secondary N) is 2. The maximum absolute atomic E-state index is 11.7. The summed E-state index contributed by atoms with van der Waals surface area (Å²) in [7, 11) is 0. The lowest BCUT2D eigenvalue weighted by Gasteiger charge is -2.21. The Bertz CT molecular complexity index is 290. The molecule has 3 N–H and O–H groups in total. The molecule has 18 heavy (non-hydrogen) atoms. The van der Waals surface area contributed by atoms with Gasteiger partial charge in [-0.3, -0.25) is 0 Å². The van der Waals surface area contributed by atoms with Gasteiger partial charge in [0.15, 0.2) is 0 Å². The zero-order valence-corrected chi connectivity index (χ0v) is 10.9. The second-order valence-corrected chi connectivity index (χ2v) is 4.64. The fourth-order valence-electron chi connectivity index (χ4n) is 2.04. The standard InChI is InChI=1S/C12H22N2O4/c1-3-5-9(11(15)16)14-12(17)13-8(2)10-6-4-7-18-10/h8-10H,3-7H2,1-2H3,(H,15,16)(H2,13,14,17). The van der Waals surface area contributed by atoms with Crippen molar-refractivity contribution in [3.63, 3.8) is 0 Å². The van der Waals surface area contributed by atoms with Crippen molar-refractivity contribution >= 4 is 12.0 Å². The number of carboxylic acids is 1. The highest BCUT2D eigenvalue weighted by Crippen LogP contribution is 2.15. The SMILES string of the molecule is CCCC(NC(=O)NC(C)C1CCCO1)C(=O)O. The van der Waals surface area contributed by atoms with E-state index in [-0.39, 0.29) is 12.1 Å². The van der Waals surface area contributed by atoms with Crippen LogP contribution in [0.1, 0.15) is 39.5 Å². The third kappa shape index (κ3) is 4.52. The first-order chi connectivity index (χ1) is 8.54. The monoisotopic (exact) mass is 258 g/mol. The molecule has 0 radical (unpaired) electrons. The molecule has 6 nitrogen and oxygen atoms in total. The number of carboxylic acid groups (broad SMARTS) is 1. The van der Waals surface area contributed by atoms with Gasteiger partial charge in [0.25, 0.3) is 0 Å². The predicted molar refractivity (Wildman–Crippen MR) is 66.4 cm³/mol. The molecule has 0 aromatic heterocycles. The molecule has 1 saturated heterocycles. The van der Waals surface area contributed by atoms with Gasteiger partial charge < -0.3 is 20.5 Å². The molecular weight excluding hydrogens is 236 g/mol. The molecule has 0 bridgehead atoms. The average molecular weight is 258 g/mol.